The molecule has 0 fully saturated rings. The highest BCUT2D eigenvalue weighted by Crippen LogP contribution is 2.20. The fourth-order valence-electron chi connectivity index (χ4n) is 1.74. The summed E-state index contributed by atoms with van der Waals surface area (Å²) in [6.07, 6.45) is 3.26. The van der Waals surface area contributed by atoms with Crippen LogP contribution >= 0.6 is 0 Å². The summed E-state index contributed by atoms with van der Waals surface area (Å²) in [6, 6.07) is 11.9. The average Bonchev–Trinajstić information content (AvgIpc) is 2.87. The van der Waals surface area contributed by atoms with Crippen molar-refractivity contribution in [2.75, 3.05) is 11.9 Å². The number of aromatic nitrogens is 4. The van der Waals surface area contributed by atoms with Crippen LogP contribution in [0.2, 0.25) is 0 Å². The van der Waals surface area contributed by atoms with Gasteiger partial charge in [-0.3, -0.25) is 0 Å². The normalized spacial score (nSPS) is 10.6. The lowest BCUT2D eigenvalue weighted by atomic mass is 10.3. The Morgan fingerprint density at radius 3 is 2.71 bits per heavy atom. The van der Waals surface area contributed by atoms with Gasteiger partial charge in [-0.05, 0) is 12.1 Å². The Kier molecular flexibility index (Phi) is 2.22. The second-order valence-electron chi connectivity index (χ2n) is 3.67. The van der Waals surface area contributed by atoms with Gasteiger partial charge in [-0.15, -0.1) is 0 Å². The van der Waals surface area contributed by atoms with Crippen molar-refractivity contribution in [2.45, 2.75) is 0 Å². The Morgan fingerprint density at radius 2 is 1.88 bits per heavy atom. The summed E-state index contributed by atoms with van der Waals surface area (Å²) in [6.45, 7) is 0. The van der Waals surface area contributed by atoms with Crippen molar-refractivity contribution in [3.05, 3.63) is 48.9 Å². The van der Waals surface area contributed by atoms with Crippen molar-refractivity contribution < 1.29 is 0 Å². The first-order chi connectivity index (χ1) is 8.36. The molecular formula is C12H11N5. The molecule has 0 N–H and O–H groups in total. The number of hydrogen-bond donors (Lipinski definition) is 0. The standard InChI is InChI=1S/C12H11N5/c1-16(10-5-3-2-4-6-10)12-14-9-13-11-7-8-15-17(11)12/h2-9H,1H3. The third-order valence-corrected chi connectivity index (χ3v) is 2.62. The molecule has 5 heteroatoms. The third-order valence-electron chi connectivity index (χ3n) is 2.62. The monoisotopic (exact) mass is 225 g/mol. The number of anilines is 2. The molecule has 0 radical (unpaired) electrons. The van der Waals surface area contributed by atoms with Gasteiger partial charge >= 0.3 is 0 Å². The molecule has 84 valence electrons. The van der Waals surface area contributed by atoms with Crippen molar-refractivity contribution in [1.82, 2.24) is 19.6 Å². The summed E-state index contributed by atoms with van der Waals surface area (Å²) in [5, 5.41) is 4.22. The highest BCUT2D eigenvalue weighted by atomic mass is 15.4. The molecule has 0 unspecified atom stereocenters. The zero-order valence-corrected chi connectivity index (χ0v) is 9.35. The lowest BCUT2D eigenvalue weighted by molar-refractivity contribution is 0.865. The van der Waals surface area contributed by atoms with Gasteiger partial charge in [0.2, 0.25) is 5.95 Å². The van der Waals surface area contributed by atoms with Gasteiger partial charge in [0.25, 0.3) is 0 Å². The minimum Gasteiger partial charge on any atom is -0.313 e. The fourth-order valence-corrected chi connectivity index (χ4v) is 1.74. The second kappa shape index (κ2) is 3.86. The SMILES string of the molecule is CN(c1ccccc1)c1ncnc2ccnn12. The molecule has 1 aromatic carbocycles. The molecule has 0 spiro atoms. The number of rotatable bonds is 2. The second-order valence-corrected chi connectivity index (χ2v) is 3.67. The molecule has 5 nitrogen and oxygen atoms in total. The van der Waals surface area contributed by atoms with Crippen LogP contribution in [0.25, 0.3) is 5.65 Å². The number of fused-ring (bicyclic) bond motifs is 1. The van der Waals surface area contributed by atoms with Crippen LogP contribution in [0, 0.1) is 0 Å². The van der Waals surface area contributed by atoms with E-state index in [1.165, 1.54) is 0 Å². The summed E-state index contributed by atoms with van der Waals surface area (Å²) < 4.78 is 1.72. The Bertz CT molecular complexity index is 631. The van der Waals surface area contributed by atoms with Gasteiger partial charge in [0.05, 0.1) is 6.20 Å². The van der Waals surface area contributed by atoms with Crippen LogP contribution in [0.3, 0.4) is 0 Å². The predicted octanol–water partition coefficient (Wildman–Crippen LogP) is 1.89. The van der Waals surface area contributed by atoms with Crippen LogP contribution in [0.1, 0.15) is 0 Å². The van der Waals surface area contributed by atoms with Crippen LogP contribution in [0.15, 0.2) is 48.9 Å². The first kappa shape index (κ1) is 9.77. The average molecular weight is 225 g/mol. The van der Waals surface area contributed by atoms with Gasteiger partial charge in [0.15, 0.2) is 5.65 Å². The number of para-hydroxylation sites is 1. The largest absolute Gasteiger partial charge is 0.313 e. The fraction of sp³-hybridized carbons (Fsp3) is 0.0833. The van der Waals surface area contributed by atoms with Crippen LogP contribution in [-0.2, 0) is 0 Å². The molecule has 3 aromatic rings. The minimum atomic E-state index is 0.742. The molecule has 0 bridgehead atoms. The molecular weight excluding hydrogens is 214 g/mol. The van der Waals surface area contributed by atoms with E-state index in [1.54, 1.807) is 17.0 Å². The first-order valence-corrected chi connectivity index (χ1v) is 5.30. The summed E-state index contributed by atoms with van der Waals surface area (Å²) in [4.78, 5) is 10.4. The van der Waals surface area contributed by atoms with Crippen molar-refractivity contribution in [2.24, 2.45) is 0 Å². The van der Waals surface area contributed by atoms with Gasteiger partial charge < -0.3 is 4.90 Å². The van der Waals surface area contributed by atoms with Crippen molar-refractivity contribution >= 4 is 17.3 Å². The summed E-state index contributed by atoms with van der Waals surface area (Å²) in [5.41, 5.74) is 1.85. The van der Waals surface area contributed by atoms with E-state index in [2.05, 4.69) is 15.1 Å². The lowest BCUT2D eigenvalue weighted by Crippen LogP contribution is -2.16. The number of nitrogens with zero attached hydrogens (tertiary/aromatic N) is 5. The van der Waals surface area contributed by atoms with E-state index in [4.69, 9.17) is 0 Å². The maximum Gasteiger partial charge on any atom is 0.234 e. The van der Waals surface area contributed by atoms with Gasteiger partial charge in [-0.1, -0.05) is 18.2 Å². The predicted molar refractivity (Wildman–Crippen MR) is 65.3 cm³/mol. The quantitative estimate of drug-likeness (QED) is 0.668. The first-order valence-electron chi connectivity index (χ1n) is 5.30. The molecule has 17 heavy (non-hydrogen) atoms. The van der Waals surface area contributed by atoms with Gasteiger partial charge in [-0.25, -0.2) is 9.97 Å². The molecule has 3 rings (SSSR count). The maximum absolute atomic E-state index is 4.27. The molecule has 2 heterocycles. The maximum atomic E-state index is 4.27. The Balaban J connectivity index is 2.13. The van der Waals surface area contributed by atoms with Gasteiger partial charge in [0, 0.05) is 18.8 Å². The van der Waals surface area contributed by atoms with Crippen LogP contribution in [0.5, 0.6) is 0 Å². The number of benzene rings is 1. The van der Waals surface area contributed by atoms with E-state index >= 15 is 0 Å². The molecule has 0 saturated heterocycles. The molecule has 0 atom stereocenters. The zero-order valence-electron chi connectivity index (χ0n) is 9.35. The minimum absolute atomic E-state index is 0.742. The highest BCUT2D eigenvalue weighted by Gasteiger charge is 2.09. The molecule has 0 amide bonds. The third kappa shape index (κ3) is 1.61. The topological polar surface area (TPSA) is 46.3 Å². The van der Waals surface area contributed by atoms with E-state index in [1.807, 2.05) is 48.3 Å². The lowest BCUT2D eigenvalue weighted by Gasteiger charge is -2.18. The Labute approximate surface area is 98.4 Å². The van der Waals surface area contributed by atoms with E-state index in [-0.39, 0.29) is 0 Å². The van der Waals surface area contributed by atoms with Crippen molar-refractivity contribution in [1.29, 1.82) is 0 Å². The summed E-state index contributed by atoms with van der Waals surface area (Å²) in [7, 11) is 1.96. The highest BCUT2D eigenvalue weighted by molar-refractivity contribution is 5.58. The number of hydrogen-bond acceptors (Lipinski definition) is 4. The Morgan fingerprint density at radius 1 is 1.06 bits per heavy atom. The van der Waals surface area contributed by atoms with Crippen molar-refractivity contribution in [3.8, 4) is 0 Å². The van der Waals surface area contributed by atoms with E-state index in [0.29, 0.717) is 0 Å². The molecule has 2 aromatic heterocycles. The molecule has 0 aliphatic carbocycles. The summed E-state index contributed by atoms with van der Waals surface area (Å²) >= 11 is 0. The van der Waals surface area contributed by atoms with E-state index in [9.17, 15) is 0 Å². The van der Waals surface area contributed by atoms with Crippen LogP contribution < -0.4 is 4.90 Å². The Hall–Kier alpha value is -2.43. The molecule has 0 saturated carbocycles. The van der Waals surface area contributed by atoms with Gasteiger partial charge in [0.1, 0.15) is 6.33 Å². The zero-order chi connectivity index (χ0) is 11.7. The molecule has 0 aliphatic heterocycles. The molecule has 0 aliphatic rings. The van der Waals surface area contributed by atoms with Crippen LogP contribution in [-0.4, -0.2) is 26.6 Å². The van der Waals surface area contributed by atoms with Crippen molar-refractivity contribution in [3.63, 3.8) is 0 Å². The van der Waals surface area contributed by atoms with Crippen LogP contribution in [0.4, 0.5) is 11.6 Å². The summed E-state index contributed by atoms with van der Waals surface area (Å²) in [5.74, 6) is 0.742. The smallest absolute Gasteiger partial charge is 0.234 e. The van der Waals surface area contributed by atoms with Gasteiger partial charge in [-0.2, -0.15) is 9.61 Å². The van der Waals surface area contributed by atoms with E-state index < -0.39 is 0 Å². The van der Waals surface area contributed by atoms with E-state index in [0.717, 1.165) is 17.3 Å².